The van der Waals surface area contributed by atoms with Gasteiger partial charge < -0.3 is 4.57 Å². The normalized spacial score (nSPS) is 19.9. The maximum Gasteiger partial charge on any atom is 0.160 e. The molecule has 6 aliphatic rings. The van der Waals surface area contributed by atoms with Crippen LogP contribution in [-0.2, 0) is 23.7 Å². The molecule has 13 rings (SSSR count). The first kappa shape index (κ1) is 35.2. The molecule has 0 radical (unpaired) electrons. The SMILES string of the molecule is CC1(C)c2ccccc2-c2ccc(-c3nc(C4=CCC(n5c6c(c7c5=CC5CC=CC=C5C=7)-c5ccccc5CC6)c5ccccc54)c4c(n3)C(C)(C)c3ccccc3-4)cc21. The molecule has 0 spiro atoms. The van der Waals surface area contributed by atoms with Gasteiger partial charge >= 0.3 is 0 Å². The van der Waals surface area contributed by atoms with E-state index >= 15 is 0 Å². The Balaban J connectivity index is 1.02. The van der Waals surface area contributed by atoms with Crippen LogP contribution in [0.3, 0.4) is 0 Å². The number of allylic oxidation sites excluding steroid dienone is 5. The summed E-state index contributed by atoms with van der Waals surface area (Å²) in [6.07, 6.45) is 18.5. The third kappa shape index (κ3) is 4.81. The van der Waals surface area contributed by atoms with Crippen LogP contribution in [0.1, 0.15) is 97.0 Å². The Kier molecular flexibility index (Phi) is 7.21. The van der Waals surface area contributed by atoms with E-state index in [1.165, 1.54) is 94.2 Å². The summed E-state index contributed by atoms with van der Waals surface area (Å²) in [6.45, 7) is 9.39. The van der Waals surface area contributed by atoms with Crippen LogP contribution in [0.5, 0.6) is 0 Å². The van der Waals surface area contributed by atoms with Gasteiger partial charge in [-0.2, -0.15) is 0 Å². The Hall–Kier alpha value is -6.58. The zero-order valence-electron chi connectivity index (χ0n) is 35.3. The molecule has 3 heteroatoms. The van der Waals surface area contributed by atoms with Gasteiger partial charge in [-0.05, 0) is 99.0 Å². The molecule has 2 unspecified atom stereocenters. The van der Waals surface area contributed by atoms with Gasteiger partial charge in [0.15, 0.2) is 5.82 Å². The summed E-state index contributed by atoms with van der Waals surface area (Å²) in [5.74, 6) is 1.20. The molecule has 5 aromatic carbocycles. The number of rotatable bonds is 3. The second kappa shape index (κ2) is 12.5. The van der Waals surface area contributed by atoms with Crippen LogP contribution in [0.15, 0.2) is 145 Å². The Bertz CT molecular complexity index is 3320. The molecule has 6 aliphatic carbocycles. The predicted octanol–water partition coefficient (Wildman–Crippen LogP) is 11.8. The lowest BCUT2D eigenvalue weighted by Gasteiger charge is -2.31. The van der Waals surface area contributed by atoms with E-state index in [9.17, 15) is 0 Å². The van der Waals surface area contributed by atoms with Crippen LogP contribution in [0, 0.1) is 5.92 Å². The third-order valence-electron chi connectivity index (χ3n) is 15.1. The zero-order chi connectivity index (χ0) is 40.8. The van der Waals surface area contributed by atoms with E-state index in [2.05, 4.69) is 184 Å². The van der Waals surface area contributed by atoms with Gasteiger partial charge in [0.2, 0.25) is 0 Å². The van der Waals surface area contributed by atoms with Crippen LogP contribution >= 0.6 is 0 Å². The highest BCUT2D eigenvalue weighted by Gasteiger charge is 2.42. The molecule has 0 bridgehead atoms. The minimum absolute atomic E-state index is 0.115. The lowest BCUT2D eigenvalue weighted by molar-refractivity contribution is 0.546. The second-order valence-corrected chi connectivity index (χ2v) is 19.1. The number of hydrogen-bond donors (Lipinski definition) is 0. The number of aryl methyl sites for hydroxylation is 1. The minimum atomic E-state index is -0.282. The summed E-state index contributed by atoms with van der Waals surface area (Å²) in [5.41, 5.74) is 23.0. The predicted molar refractivity (Wildman–Crippen MR) is 250 cm³/mol. The van der Waals surface area contributed by atoms with E-state index in [0.29, 0.717) is 5.92 Å². The van der Waals surface area contributed by atoms with Crippen molar-refractivity contribution in [1.82, 2.24) is 14.5 Å². The molecule has 2 atom stereocenters. The lowest BCUT2D eigenvalue weighted by atomic mass is 9.81. The maximum absolute atomic E-state index is 5.71. The Morgan fingerprint density at radius 2 is 1.36 bits per heavy atom. The van der Waals surface area contributed by atoms with E-state index in [1.807, 2.05) is 0 Å². The minimum Gasteiger partial charge on any atom is -0.336 e. The average Bonchev–Trinajstić information content (AvgIpc) is 3.84. The molecule has 7 aromatic rings. The molecule has 3 nitrogen and oxygen atoms in total. The lowest BCUT2D eigenvalue weighted by Crippen LogP contribution is -2.37. The van der Waals surface area contributed by atoms with Crippen molar-refractivity contribution in [3.8, 4) is 44.8 Å². The molecule has 0 fully saturated rings. The molecule has 0 saturated carbocycles. The molecule has 0 aliphatic heterocycles. The second-order valence-electron chi connectivity index (χ2n) is 19.1. The quantitative estimate of drug-likeness (QED) is 0.179. The first-order chi connectivity index (χ1) is 29.8. The molecule has 2 heterocycles. The summed E-state index contributed by atoms with van der Waals surface area (Å²) in [5, 5.41) is 2.78. The van der Waals surface area contributed by atoms with E-state index in [4.69, 9.17) is 9.97 Å². The molecule has 0 saturated heterocycles. The number of fused-ring (bicyclic) bond motifs is 13. The largest absolute Gasteiger partial charge is 0.336 e. The number of benzene rings is 5. The van der Waals surface area contributed by atoms with Crippen LogP contribution in [0.4, 0.5) is 0 Å². The average molecular weight is 786 g/mol. The fraction of sp³-hybridized carbons (Fsp3) is 0.207. The molecule has 61 heavy (non-hydrogen) atoms. The van der Waals surface area contributed by atoms with Crippen molar-refractivity contribution in [1.29, 1.82) is 0 Å². The van der Waals surface area contributed by atoms with Crippen LogP contribution in [0.2, 0.25) is 0 Å². The molecular formula is C58H47N3. The van der Waals surface area contributed by atoms with E-state index < -0.39 is 0 Å². The molecule has 0 N–H and O–H groups in total. The van der Waals surface area contributed by atoms with Crippen molar-refractivity contribution in [2.45, 2.75) is 70.3 Å². The number of aromatic nitrogens is 3. The zero-order valence-corrected chi connectivity index (χ0v) is 35.3. The summed E-state index contributed by atoms with van der Waals surface area (Å²) >= 11 is 0. The van der Waals surface area contributed by atoms with Crippen molar-refractivity contribution >= 4 is 17.7 Å². The van der Waals surface area contributed by atoms with Crippen LogP contribution in [-0.4, -0.2) is 14.5 Å². The molecule has 0 amide bonds. The highest BCUT2D eigenvalue weighted by atomic mass is 15.0. The van der Waals surface area contributed by atoms with Gasteiger partial charge in [0.05, 0.1) is 17.4 Å². The first-order valence-electron chi connectivity index (χ1n) is 22.3. The van der Waals surface area contributed by atoms with E-state index in [0.717, 1.165) is 48.5 Å². The fourth-order valence-corrected chi connectivity index (χ4v) is 12.2. The topological polar surface area (TPSA) is 30.7 Å². The fourth-order valence-electron chi connectivity index (χ4n) is 12.2. The maximum atomic E-state index is 5.71. The van der Waals surface area contributed by atoms with Gasteiger partial charge in [0.1, 0.15) is 0 Å². The van der Waals surface area contributed by atoms with Crippen molar-refractivity contribution in [3.63, 3.8) is 0 Å². The van der Waals surface area contributed by atoms with Gasteiger partial charge in [-0.1, -0.05) is 167 Å². The summed E-state index contributed by atoms with van der Waals surface area (Å²) in [7, 11) is 0. The van der Waals surface area contributed by atoms with Crippen molar-refractivity contribution in [2.24, 2.45) is 5.92 Å². The number of hydrogen-bond acceptors (Lipinski definition) is 2. The Morgan fingerprint density at radius 3 is 2.21 bits per heavy atom. The Labute approximate surface area is 357 Å². The van der Waals surface area contributed by atoms with Crippen molar-refractivity contribution in [2.75, 3.05) is 0 Å². The smallest absolute Gasteiger partial charge is 0.160 e. The summed E-state index contributed by atoms with van der Waals surface area (Å²) in [4.78, 5) is 11.3. The number of nitrogens with zero attached hydrogens (tertiary/aromatic N) is 3. The van der Waals surface area contributed by atoms with E-state index in [1.54, 1.807) is 0 Å². The van der Waals surface area contributed by atoms with Crippen molar-refractivity contribution < 1.29 is 0 Å². The Morgan fingerprint density at radius 1 is 0.639 bits per heavy atom. The highest BCUT2D eigenvalue weighted by Crippen LogP contribution is 2.54. The summed E-state index contributed by atoms with van der Waals surface area (Å²) in [6, 6.07) is 43.2. The van der Waals surface area contributed by atoms with Gasteiger partial charge in [0.25, 0.3) is 0 Å². The third-order valence-corrected chi connectivity index (χ3v) is 15.1. The molecule has 2 aromatic heterocycles. The van der Waals surface area contributed by atoms with Crippen LogP contribution in [0.25, 0.3) is 62.5 Å². The van der Waals surface area contributed by atoms with Crippen LogP contribution < -0.4 is 10.6 Å². The monoisotopic (exact) mass is 785 g/mol. The molecular weight excluding hydrogens is 739 g/mol. The molecule has 294 valence electrons. The van der Waals surface area contributed by atoms with Crippen molar-refractivity contribution in [3.05, 3.63) is 206 Å². The highest BCUT2D eigenvalue weighted by molar-refractivity contribution is 5.94. The first-order valence-corrected chi connectivity index (χ1v) is 22.3. The van der Waals surface area contributed by atoms with Gasteiger partial charge in [-0.3, -0.25) is 0 Å². The standard InChI is InChI=1S/C58H47N3/c1-57(2)46-23-13-11-20-40(46)41-27-25-37(32-48(41)57)56-59-54(53-44-22-12-14-24-47(44)58(3,4)55(53)60-56)43-28-30-49(42-21-10-9-19-39(42)43)61-50-29-26-34-15-7-8-18-38(34)52(50)45-31-35-16-5-6-17-36(35)33-51(45)61/h5-16,18-25,27-28,31-33,36,49H,17,26,29-30H2,1-4H3. The summed E-state index contributed by atoms with van der Waals surface area (Å²) < 4.78 is 2.76. The van der Waals surface area contributed by atoms with Gasteiger partial charge in [-0.15, -0.1) is 0 Å². The van der Waals surface area contributed by atoms with E-state index in [-0.39, 0.29) is 16.9 Å². The van der Waals surface area contributed by atoms with Gasteiger partial charge in [0, 0.05) is 55.3 Å². The van der Waals surface area contributed by atoms with Gasteiger partial charge in [-0.25, -0.2) is 9.97 Å².